The number of nitrogens with one attached hydrogen (secondary N) is 2. The number of hydrogen-bond donors (Lipinski definition) is 3. The Balaban J connectivity index is 1.87. The summed E-state index contributed by atoms with van der Waals surface area (Å²) in [5.74, 6) is 1.48. The van der Waals surface area contributed by atoms with Gasteiger partial charge in [-0.1, -0.05) is 24.3 Å². The summed E-state index contributed by atoms with van der Waals surface area (Å²) in [5, 5.41) is 8.39. The minimum Gasteiger partial charge on any atom is -0.496 e. The van der Waals surface area contributed by atoms with E-state index in [4.69, 9.17) is 14.7 Å². The lowest BCUT2D eigenvalue weighted by Crippen LogP contribution is -2.12. The van der Waals surface area contributed by atoms with Gasteiger partial charge in [-0.05, 0) is 29.8 Å². The van der Waals surface area contributed by atoms with E-state index in [2.05, 4.69) is 20.3 Å². The van der Waals surface area contributed by atoms with Crippen molar-refractivity contribution in [2.45, 2.75) is 5.75 Å². The maximum absolute atomic E-state index is 11.5. The zero-order valence-corrected chi connectivity index (χ0v) is 14.9. The highest BCUT2D eigenvalue weighted by atomic mass is 32.2. The lowest BCUT2D eigenvalue weighted by Gasteiger charge is -2.09. The molecule has 0 amide bonds. The molecule has 1 atom stereocenters. The fraction of sp³-hybridized carbons (Fsp3) is 0.118. The number of rotatable bonds is 6. The topological polar surface area (TPSA) is 127 Å². The van der Waals surface area contributed by atoms with Crippen molar-refractivity contribution in [1.82, 2.24) is 15.0 Å². The Morgan fingerprint density at radius 2 is 2.00 bits per heavy atom. The van der Waals surface area contributed by atoms with Gasteiger partial charge >= 0.3 is 0 Å². The summed E-state index contributed by atoms with van der Waals surface area (Å²) in [6.07, 6.45) is 1.41. The molecule has 3 aromatic rings. The summed E-state index contributed by atoms with van der Waals surface area (Å²) in [7, 11) is -1.51. The number of hydrogen-bond acceptors (Lipinski definition) is 7. The number of methoxy groups -OCH3 is 1. The molecule has 2 aromatic carbocycles. The number of para-hydroxylation sites is 1. The normalized spacial score (nSPS) is 13.0. The number of anilines is 2. The molecule has 0 fully saturated rings. The number of nitrogens with two attached hydrogens (primary N) is 1. The van der Waals surface area contributed by atoms with Crippen LogP contribution in [-0.4, -0.2) is 26.3 Å². The molecule has 1 unspecified atom stereocenters. The fourth-order valence-corrected chi connectivity index (χ4v) is 3.11. The van der Waals surface area contributed by atoms with Crippen molar-refractivity contribution in [2.75, 3.05) is 12.4 Å². The molecular weight excluding hydrogens is 352 g/mol. The van der Waals surface area contributed by atoms with Crippen LogP contribution in [0.25, 0.3) is 11.4 Å². The number of nitrogens with zero attached hydrogens (tertiary/aromatic N) is 3. The third kappa shape index (κ3) is 4.52. The number of aromatic nitrogens is 3. The highest BCUT2D eigenvalue weighted by Gasteiger charge is 2.10. The van der Waals surface area contributed by atoms with Crippen LogP contribution in [0.5, 0.6) is 5.75 Å². The van der Waals surface area contributed by atoms with Crippen LogP contribution in [-0.2, 0) is 15.7 Å². The highest BCUT2D eigenvalue weighted by Crippen LogP contribution is 2.27. The number of ether oxygens (including phenoxy) is 1. The van der Waals surface area contributed by atoms with Gasteiger partial charge < -0.3 is 10.1 Å². The van der Waals surface area contributed by atoms with E-state index in [1.165, 1.54) is 6.33 Å². The van der Waals surface area contributed by atoms with Crippen molar-refractivity contribution in [1.29, 1.82) is 4.78 Å². The first-order valence-corrected chi connectivity index (χ1v) is 9.46. The molecule has 4 N–H and O–H groups in total. The van der Waals surface area contributed by atoms with Crippen LogP contribution in [0.3, 0.4) is 0 Å². The van der Waals surface area contributed by atoms with Gasteiger partial charge in [-0.25, -0.2) is 24.1 Å². The standard InChI is InChI=1S/C17H18N6O2S/c1-25-15-8-3-2-7-14(15)16-20-11-21-17(23-16)22-13-6-4-5-12(9-13)10-26(18,19)24/h2-9,11H,10H2,1H3,(H3,18,19,24)(H,20,21,22,23). The molecule has 8 nitrogen and oxygen atoms in total. The third-order valence-corrected chi connectivity index (χ3v) is 4.25. The molecule has 0 spiro atoms. The van der Waals surface area contributed by atoms with Crippen molar-refractivity contribution < 1.29 is 8.95 Å². The van der Waals surface area contributed by atoms with Crippen LogP contribution in [0.2, 0.25) is 0 Å². The molecule has 0 bridgehead atoms. The number of benzene rings is 2. The van der Waals surface area contributed by atoms with Crippen LogP contribution in [0.4, 0.5) is 11.6 Å². The predicted molar refractivity (Wildman–Crippen MR) is 100 cm³/mol. The van der Waals surface area contributed by atoms with Gasteiger partial charge in [0.1, 0.15) is 22.0 Å². The van der Waals surface area contributed by atoms with E-state index < -0.39 is 9.92 Å². The molecule has 134 valence electrons. The second kappa shape index (κ2) is 7.46. The lowest BCUT2D eigenvalue weighted by molar-refractivity contribution is 0.416. The largest absolute Gasteiger partial charge is 0.496 e. The monoisotopic (exact) mass is 370 g/mol. The minimum absolute atomic E-state index is 0.0216. The van der Waals surface area contributed by atoms with E-state index in [9.17, 15) is 4.21 Å². The smallest absolute Gasteiger partial charge is 0.230 e. The van der Waals surface area contributed by atoms with E-state index in [0.717, 1.165) is 5.56 Å². The Kier molecular flexibility index (Phi) is 5.10. The van der Waals surface area contributed by atoms with E-state index >= 15 is 0 Å². The Hall–Kier alpha value is -3.04. The van der Waals surface area contributed by atoms with Gasteiger partial charge in [0.25, 0.3) is 0 Å². The summed E-state index contributed by atoms with van der Waals surface area (Å²) < 4.78 is 24.2. The van der Waals surface area contributed by atoms with Gasteiger partial charge in [-0.2, -0.15) is 4.98 Å². The van der Waals surface area contributed by atoms with Crippen molar-refractivity contribution >= 4 is 21.6 Å². The minimum atomic E-state index is -3.10. The first kappa shape index (κ1) is 17.8. The second-order valence-corrected chi connectivity index (χ2v) is 7.27. The first-order chi connectivity index (χ1) is 12.4. The first-order valence-electron chi connectivity index (χ1n) is 7.67. The average molecular weight is 370 g/mol. The summed E-state index contributed by atoms with van der Waals surface area (Å²) in [5.41, 5.74) is 2.14. The summed E-state index contributed by atoms with van der Waals surface area (Å²) in [6.45, 7) is 0. The van der Waals surface area contributed by atoms with Gasteiger partial charge in [-0.15, -0.1) is 0 Å². The van der Waals surface area contributed by atoms with Crippen molar-refractivity contribution in [3.8, 4) is 17.1 Å². The predicted octanol–water partition coefficient (Wildman–Crippen LogP) is 2.71. The molecule has 0 saturated heterocycles. The highest BCUT2D eigenvalue weighted by molar-refractivity contribution is 7.89. The molecule has 0 aliphatic carbocycles. The van der Waals surface area contributed by atoms with E-state index in [-0.39, 0.29) is 5.75 Å². The van der Waals surface area contributed by atoms with Crippen LogP contribution in [0.1, 0.15) is 5.56 Å². The Labute approximate surface area is 151 Å². The zero-order chi connectivity index (χ0) is 18.6. The van der Waals surface area contributed by atoms with Crippen LogP contribution < -0.4 is 15.2 Å². The van der Waals surface area contributed by atoms with Gasteiger partial charge in [0, 0.05) is 5.69 Å². The summed E-state index contributed by atoms with van der Waals surface area (Å²) >= 11 is 0. The third-order valence-electron chi connectivity index (χ3n) is 3.48. The van der Waals surface area contributed by atoms with Crippen molar-refractivity contribution in [2.24, 2.45) is 5.14 Å². The molecule has 0 saturated carbocycles. The Bertz CT molecular complexity index is 1020. The molecule has 0 radical (unpaired) electrons. The van der Waals surface area contributed by atoms with Crippen molar-refractivity contribution in [3.05, 3.63) is 60.4 Å². The molecule has 26 heavy (non-hydrogen) atoms. The van der Waals surface area contributed by atoms with Crippen molar-refractivity contribution in [3.63, 3.8) is 0 Å². The molecule has 1 aromatic heterocycles. The Morgan fingerprint density at radius 1 is 1.19 bits per heavy atom. The molecule has 9 heteroatoms. The maximum atomic E-state index is 11.5. The maximum Gasteiger partial charge on any atom is 0.230 e. The van der Waals surface area contributed by atoms with E-state index in [1.54, 1.807) is 25.3 Å². The molecule has 3 rings (SSSR count). The van der Waals surface area contributed by atoms with Gasteiger partial charge in [0.15, 0.2) is 5.82 Å². The summed E-state index contributed by atoms with van der Waals surface area (Å²) in [4.78, 5) is 12.8. The second-order valence-electron chi connectivity index (χ2n) is 5.53. The van der Waals surface area contributed by atoms with Crippen LogP contribution in [0, 0.1) is 4.78 Å². The van der Waals surface area contributed by atoms with Gasteiger partial charge in [0.2, 0.25) is 5.95 Å². The van der Waals surface area contributed by atoms with Crippen LogP contribution >= 0.6 is 0 Å². The van der Waals surface area contributed by atoms with Crippen LogP contribution in [0.15, 0.2) is 54.9 Å². The van der Waals surface area contributed by atoms with Gasteiger partial charge in [0.05, 0.1) is 18.4 Å². The zero-order valence-electron chi connectivity index (χ0n) is 14.0. The Morgan fingerprint density at radius 3 is 2.77 bits per heavy atom. The lowest BCUT2D eigenvalue weighted by atomic mass is 10.2. The fourth-order valence-electron chi connectivity index (χ4n) is 2.43. The van der Waals surface area contributed by atoms with Gasteiger partial charge in [-0.3, -0.25) is 0 Å². The quantitative estimate of drug-likeness (QED) is 0.612. The SMILES string of the molecule is COc1ccccc1-c1ncnc(Nc2cccc(CS(=N)(N)=O)c2)n1. The molecule has 0 aliphatic heterocycles. The summed E-state index contributed by atoms with van der Waals surface area (Å²) in [6, 6.07) is 14.6. The molecule has 0 aliphatic rings. The molecular formula is C17H18N6O2S. The molecule has 1 heterocycles. The van der Waals surface area contributed by atoms with E-state index in [0.29, 0.717) is 28.8 Å². The van der Waals surface area contributed by atoms with E-state index in [1.807, 2.05) is 30.3 Å². The average Bonchev–Trinajstić information content (AvgIpc) is 2.61.